The van der Waals surface area contributed by atoms with E-state index in [1.807, 2.05) is 13.8 Å². The van der Waals surface area contributed by atoms with Crippen LogP contribution in [0.25, 0.3) is 0 Å². The van der Waals surface area contributed by atoms with Crippen LogP contribution in [0, 0.1) is 0 Å². The summed E-state index contributed by atoms with van der Waals surface area (Å²) in [7, 11) is 0. The molecule has 3 rings (SSSR count). The van der Waals surface area contributed by atoms with E-state index in [9.17, 15) is 9.59 Å². The SMILES string of the molecule is CCCCCCOc1ccc(OC(C)C)c2c1C(=O)c1ccccc1C2=O. The van der Waals surface area contributed by atoms with Crippen molar-refractivity contribution in [3.8, 4) is 11.5 Å². The van der Waals surface area contributed by atoms with E-state index in [0.717, 1.165) is 25.7 Å². The molecule has 0 saturated carbocycles. The summed E-state index contributed by atoms with van der Waals surface area (Å²) < 4.78 is 11.7. The van der Waals surface area contributed by atoms with Crippen LogP contribution in [-0.4, -0.2) is 24.3 Å². The maximum absolute atomic E-state index is 13.2. The Hall–Kier alpha value is -2.62. The molecule has 0 spiro atoms. The predicted octanol–water partition coefficient (Wildman–Crippen LogP) is 5.21. The smallest absolute Gasteiger partial charge is 0.198 e. The van der Waals surface area contributed by atoms with Crippen molar-refractivity contribution in [2.45, 2.75) is 52.6 Å². The Balaban J connectivity index is 2.01. The molecule has 1 aliphatic rings. The van der Waals surface area contributed by atoms with E-state index in [4.69, 9.17) is 9.47 Å². The highest BCUT2D eigenvalue weighted by molar-refractivity contribution is 6.30. The van der Waals surface area contributed by atoms with Gasteiger partial charge < -0.3 is 9.47 Å². The van der Waals surface area contributed by atoms with Gasteiger partial charge in [-0.3, -0.25) is 9.59 Å². The van der Waals surface area contributed by atoms with Crippen molar-refractivity contribution in [3.63, 3.8) is 0 Å². The predicted molar refractivity (Wildman–Crippen MR) is 105 cm³/mol. The topological polar surface area (TPSA) is 52.6 Å². The van der Waals surface area contributed by atoms with Crippen molar-refractivity contribution in [1.29, 1.82) is 0 Å². The summed E-state index contributed by atoms with van der Waals surface area (Å²) in [6, 6.07) is 10.4. The number of rotatable bonds is 8. The number of ketones is 2. The van der Waals surface area contributed by atoms with E-state index >= 15 is 0 Å². The van der Waals surface area contributed by atoms with Crippen molar-refractivity contribution >= 4 is 11.6 Å². The zero-order valence-corrected chi connectivity index (χ0v) is 16.2. The molecule has 0 radical (unpaired) electrons. The standard InChI is InChI=1S/C23H26O4/c1-4-5-6-9-14-26-18-12-13-19(27-15(2)3)21-20(18)22(24)16-10-7-8-11-17(16)23(21)25/h7-8,10-13,15H,4-6,9,14H2,1-3H3. The molecule has 2 aromatic rings. The van der Waals surface area contributed by atoms with Crippen molar-refractivity contribution in [3.05, 3.63) is 58.7 Å². The molecule has 0 amide bonds. The molecule has 142 valence electrons. The highest BCUT2D eigenvalue weighted by atomic mass is 16.5. The highest BCUT2D eigenvalue weighted by Gasteiger charge is 2.35. The zero-order valence-electron chi connectivity index (χ0n) is 16.2. The summed E-state index contributed by atoms with van der Waals surface area (Å²) in [6.07, 6.45) is 4.22. The van der Waals surface area contributed by atoms with Crippen LogP contribution < -0.4 is 9.47 Å². The van der Waals surface area contributed by atoms with E-state index < -0.39 is 0 Å². The average molecular weight is 366 g/mol. The average Bonchev–Trinajstić information content (AvgIpc) is 2.66. The van der Waals surface area contributed by atoms with Gasteiger partial charge in [0, 0.05) is 11.1 Å². The highest BCUT2D eigenvalue weighted by Crippen LogP contribution is 2.39. The lowest BCUT2D eigenvalue weighted by Gasteiger charge is -2.23. The van der Waals surface area contributed by atoms with Gasteiger partial charge in [-0.15, -0.1) is 0 Å². The van der Waals surface area contributed by atoms with E-state index in [2.05, 4.69) is 6.92 Å². The molecule has 27 heavy (non-hydrogen) atoms. The Bertz CT molecular complexity index is 851. The van der Waals surface area contributed by atoms with Gasteiger partial charge in [0.2, 0.25) is 0 Å². The minimum atomic E-state index is -0.188. The summed E-state index contributed by atoms with van der Waals surface area (Å²) in [6.45, 7) is 6.48. The monoisotopic (exact) mass is 366 g/mol. The van der Waals surface area contributed by atoms with Crippen molar-refractivity contribution in [2.24, 2.45) is 0 Å². The van der Waals surface area contributed by atoms with Crippen LogP contribution in [0.15, 0.2) is 36.4 Å². The molecule has 0 fully saturated rings. The van der Waals surface area contributed by atoms with Crippen LogP contribution in [0.5, 0.6) is 11.5 Å². The second-order valence-electron chi connectivity index (χ2n) is 7.09. The van der Waals surface area contributed by atoms with Crippen LogP contribution in [0.4, 0.5) is 0 Å². The van der Waals surface area contributed by atoms with Gasteiger partial charge in [-0.1, -0.05) is 50.5 Å². The third-order valence-corrected chi connectivity index (χ3v) is 4.62. The van der Waals surface area contributed by atoms with Gasteiger partial charge in [-0.05, 0) is 32.4 Å². The number of carbonyl (C=O) groups is 2. The summed E-state index contributed by atoms with van der Waals surface area (Å²) in [5, 5.41) is 0. The van der Waals surface area contributed by atoms with Gasteiger partial charge in [0.15, 0.2) is 11.6 Å². The molecule has 4 heteroatoms. The fourth-order valence-electron chi connectivity index (χ4n) is 3.35. The van der Waals surface area contributed by atoms with Crippen LogP contribution in [0.2, 0.25) is 0 Å². The number of hydrogen-bond acceptors (Lipinski definition) is 4. The molecule has 2 aromatic carbocycles. The molecule has 0 saturated heterocycles. The number of ether oxygens (including phenoxy) is 2. The molecule has 1 aliphatic carbocycles. The Labute approximate surface area is 160 Å². The fraction of sp³-hybridized carbons (Fsp3) is 0.391. The number of hydrogen-bond donors (Lipinski definition) is 0. The molecule has 0 N–H and O–H groups in total. The Morgan fingerprint density at radius 3 is 2.00 bits per heavy atom. The van der Waals surface area contributed by atoms with E-state index in [-0.39, 0.29) is 17.7 Å². The molecule has 0 atom stereocenters. The van der Waals surface area contributed by atoms with Crippen molar-refractivity contribution in [2.75, 3.05) is 6.61 Å². The molecule has 4 nitrogen and oxygen atoms in total. The normalized spacial score (nSPS) is 12.7. The van der Waals surface area contributed by atoms with Crippen LogP contribution in [0.1, 0.15) is 78.3 Å². The van der Waals surface area contributed by atoms with Gasteiger partial charge in [-0.25, -0.2) is 0 Å². The number of carbonyl (C=O) groups excluding carboxylic acids is 2. The maximum Gasteiger partial charge on any atom is 0.198 e. The third kappa shape index (κ3) is 3.90. The van der Waals surface area contributed by atoms with Crippen LogP contribution in [0.3, 0.4) is 0 Å². The second-order valence-corrected chi connectivity index (χ2v) is 7.09. The van der Waals surface area contributed by atoms with E-state index in [1.165, 1.54) is 0 Å². The molecular weight excluding hydrogens is 340 g/mol. The Morgan fingerprint density at radius 1 is 0.815 bits per heavy atom. The first-order chi connectivity index (χ1) is 13.0. The fourth-order valence-corrected chi connectivity index (χ4v) is 3.35. The molecular formula is C23H26O4. The number of benzene rings is 2. The number of unbranched alkanes of at least 4 members (excludes halogenated alkanes) is 3. The van der Waals surface area contributed by atoms with Gasteiger partial charge in [0.05, 0.1) is 23.8 Å². The zero-order chi connectivity index (χ0) is 19.4. The first-order valence-corrected chi connectivity index (χ1v) is 9.69. The summed E-state index contributed by atoms with van der Waals surface area (Å²) in [5.74, 6) is 0.530. The van der Waals surface area contributed by atoms with Gasteiger partial charge in [-0.2, -0.15) is 0 Å². The van der Waals surface area contributed by atoms with Crippen molar-refractivity contribution < 1.29 is 19.1 Å². The van der Waals surface area contributed by atoms with Crippen LogP contribution in [-0.2, 0) is 0 Å². The number of fused-ring (bicyclic) bond motifs is 2. The first kappa shape index (κ1) is 19.2. The summed E-state index contributed by atoms with van der Waals surface area (Å²) in [4.78, 5) is 26.3. The lowest BCUT2D eigenvalue weighted by atomic mass is 9.83. The lowest BCUT2D eigenvalue weighted by Crippen LogP contribution is -2.24. The van der Waals surface area contributed by atoms with Gasteiger partial charge in [0.25, 0.3) is 0 Å². The summed E-state index contributed by atoms with van der Waals surface area (Å²) >= 11 is 0. The lowest BCUT2D eigenvalue weighted by molar-refractivity contribution is 0.0970. The third-order valence-electron chi connectivity index (χ3n) is 4.62. The van der Waals surface area contributed by atoms with Gasteiger partial charge >= 0.3 is 0 Å². The first-order valence-electron chi connectivity index (χ1n) is 9.69. The van der Waals surface area contributed by atoms with Crippen molar-refractivity contribution in [1.82, 2.24) is 0 Å². The summed E-state index contributed by atoms with van der Waals surface area (Å²) in [5.41, 5.74) is 1.49. The quantitative estimate of drug-likeness (QED) is 0.514. The molecule has 0 aromatic heterocycles. The Morgan fingerprint density at radius 2 is 1.41 bits per heavy atom. The minimum Gasteiger partial charge on any atom is -0.493 e. The largest absolute Gasteiger partial charge is 0.493 e. The molecule has 0 aliphatic heterocycles. The Kier molecular flexibility index (Phi) is 5.94. The van der Waals surface area contributed by atoms with E-state index in [1.54, 1.807) is 36.4 Å². The van der Waals surface area contributed by atoms with Crippen LogP contribution >= 0.6 is 0 Å². The minimum absolute atomic E-state index is 0.102. The van der Waals surface area contributed by atoms with Gasteiger partial charge in [0.1, 0.15) is 11.5 Å². The maximum atomic E-state index is 13.2. The molecule has 0 heterocycles. The molecule has 0 bridgehead atoms. The molecule has 0 unspecified atom stereocenters. The second kappa shape index (κ2) is 8.38. The van der Waals surface area contributed by atoms with E-state index in [0.29, 0.717) is 40.4 Å².